The van der Waals surface area contributed by atoms with Crippen LogP contribution < -0.4 is 10.1 Å². The van der Waals surface area contributed by atoms with Gasteiger partial charge in [-0.1, -0.05) is 36.7 Å². The number of hydrogen-bond donors (Lipinski definition) is 1. The topological polar surface area (TPSA) is 60.2 Å². The molecule has 25 heavy (non-hydrogen) atoms. The minimum atomic E-state index is 0.199. The van der Waals surface area contributed by atoms with Gasteiger partial charge in [0.1, 0.15) is 5.75 Å². The van der Waals surface area contributed by atoms with E-state index in [1.54, 1.807) is 0 Å². The fourth-order valence-corrected chi connectivity index (χ4v) is 3.18. The van der Waals surface area contributed by atoms with Gasteiger partial charge in [0.2, 0.25) is 11.7 Å². The van der Waals surface area contributed by atoms with E-state index in [4.69, 9.17) is 9.26 Å². The van der Waals surface area contributed by atoms with Gasteiger partial charge in [-0.2, -0.15) is 4.98 Å². The van der Waals surface area contributed by atoms with Crippen LogP contribution in [0.5, 0.6) is 5.75 Å². The van der Waals surface area contributed by atoms with E-state index in [9.17, 15) is 0 Å². The van der Waals surface area contributed by atoms with Gasteiger partial charge in [0, 0.05) is 5.56 Å². The number of aromatic nitrogens is 2. The first kappa shape index (κ1) is 16.1. The molecule has 5 heteroatoms. The standard InChI is InChI=1S/C20H23N3O2/c1-2-3-11-24-17-9-8-14-12-16(7-6-15(14)13-17)19-22-20(25-23-19)18-5-4-10-21-18/h6-9,12-13,18,21H,2-5,10-11H2,1H3. The number of fused-ring (bicyclic) bond motifs is 1. The minimum Gasteiger partial charge on any atom is -0.494 e. The Bertz CT molecular complexity index is 853. The molecule has 0 spiro atoms. The summed E-state index contributed by atoms with van der Waals surface area (Å²) >= 11 is 0. The molecule has 1 unspecified atom stereocenters. The quantitative estimate of drug-likeness (QED) is 0.671. The molecule has 1 aromatic heterocycles. The molecule has 0 amide bonds. The number of nitrogens with one attached hydrogen (secondary N) is 1. The Morgan fingerprint density at radius 1 is 1.20 bits per heavy atom. The lowest BCUT2D eigenvalue weighted by Gasteiger charge is -2.07. The Morgan fingerprint density at radius 2 is 2.08 bits per heavy atom. The predicted octanol–water partition coefficient (Wildman–Crippen LogP) is 4.49. The van der Waals surface area contributed by atoms with Gasteiger partial charge < -0.3 is 14.6 Å². The maximum atomic E-state index is 5.78. The van der Waals surface area contributed by atoms with Gasteiger partial charge in [-0.15, -0.1) is 0 Å². The van der Waals surface area contributed by atoms with Crippen LogP contribution in [0.2, 0.25) is 0 Å². The van der Waals surface area contributed by atoms with Crippen LogP contribution in [0, 0.1) is 0 Å². The Hall–Kier alpha value is -2.40. The second-order valence-corrected chi connectivity index (χ2v) is 6.53. The third kappa shape index (κ3) is 3.51. The van der Waals surface area contributed by atoms with Gasteiger partial charge >= 0.3 is 0 Å². The molecule has 4 rings (SSSR count). The van der Waals surface area contributed by atoms with Gasteiger partial charge in [0.15, 0.2) is 0 Å². The second-order valence-electron chi connectivity index (χ2n) is 6.53. The first-order chi connectivity index (χ1) is 12.3. The molecule has 2 aromatic carbocycles. The second kappa shape index (κ2) is 7.23. The number of nitrogens with zero attached hydrogens (tertiary/aromatic N) is 2. The molecule has 3 aromatic rings. The first-order valence-corrected chi connectivity index (χ1v) is 9.07. The monoisotopic (exact) mass is 337 g/mol. The normalized spacial score (nSPS) is 17.2. The van der Waals surface area contributed by atoms with E-state index < -0.39 is 0 Å². The Kier molecular flexibility index (Phi) is 4.65. The van der Waals surface area contributed by atoms with Crippen molar-refractivity contribution >= 4 is 10.8 Å². The SMILES string of the molecule is CCCCOc1ccc2cc(-c3noc(C4CCCN4)n3)ccc2c1. The van der Waals surface area contributed by atoms with Gasteiger partial charge in [-0.25, -0.2) is 0 Å². The molecule has 1 atom stereocenters. The van der Waals surface area contributed by atoms with Crippen LogP contribution in [0.1, 0.15) is 44.5 Å². The van der Waals surface area contributed by atoms with E-state index in [1.165, 1.54) is 0 Å². The summed E-state index contributed by atoms with van der Waals surface area (Å²) in [4.78, 5) is 4.57. The van der Waals surface area contributed by atoms with Crippen molar-refractivity contribution in [3.8, 4) is 17.1 Å². The van der Waals surface area contributed by atoms with Gasteiger partial charge in [-0.3, -0.25) is 0 Å². The first-order valence-electron chi connectivity index (χ1n) is 9.07. The molecule has 0 aliphatic carbocycles. The zero-order chi connectivity index (χ0) is 17.1. The third-order valence-corrected chi connectivity index (χ3v) is 4.64. The fraction of sp³-hybridized carbons (Fsp3) is 0.400. The maximum Gasteiger partial charge on any atom is 0.244 e. The molecule has 0 bridgehead atoms. The summed E-state index contributed by atoms with van der Waals surface area (Å²) in [5, 5.41) is 9.83. The molecule has 2 heterocycles. The summed E-state index contributed by atoms with van der Waals surface area (Å²) in [5.41, 5.74) is 0.972. The van der Waals surface area contributed by atoms with E-state index in [1.807, 2.05) is 12.1 Å². The van der Waals surface area contributed by atoms with Crippen molar-refractivity contribution in [3.63, 3.8) is 0 Å². The van der Waals surface area contributed by atoms with Crippen LogP contribution in [-0.4, -0.2) is 23.3 Å². The fourth-order valence-electron chi connectivity index (χ4n) is 3.18. The molecule has 1 aliphatic rings. The largest absolute Gasteiger partial charge is 0.494 e. The van der Waals surface area contributed by atoms with Crippen LogP contribution >= 0.6 is 0 Å². The summed E-state index contributed by atoms with van der Waals surface area (Å²) in [7, 11) is 0. The van der Waals surface area contributed by atoms with E-state index in [0.29, 0.717) is 11.7 Å². The Morgan fingerprint density at radius 3 is 2.92 bits per heavy atom. The lowest BCUT2D eigenvalue weighted by Crippen LogP contribution is -2.12. The molecule has 0 saturated carbocycles. The molecule has 5 nitrogen and oxygen atoms in total. The highest BCUT2D eigenvalue weighted by Crippen LogP contribution is 2.28. The lowest BCUT2D eigenvalue weighted by atomic mass is 10.1. The number of benzene rings is 2. The average Bonchev–Trinajstić information content (AvgIpc) is 3.33. The lowest BCUT2D eigenvalue weighted by molar-refractivity contribution is 0.310. The summed E-state index contributed by atoms with van der Waals surface area (Å²) in [6.07, 6.45) is 4.42. The van der Waals surface area contributed by atoms with Crippen molar-refractivity contribution in [2.24, 2.45) is 0 Å². The zero-order valence-corrected chi connectivity index (χ0v) is 14.5. The van der Waals surface area contributed by atoms with Crippen LogP contribution in [0.25, 0.3) is 22.2 Å². The molecule has 1 saturated heterocycles. The highest BCUT2D eigenvalue weighted by Gasteiger charge is 2.22. The van der Waals surface area contributed by atoms with Crippen molar-refractivity contribution in [2.45, 2.75) is 38.6 Å². The van der Waals surface area contributed by atoms with Gasteiger partial charge in [-0.05, 0) is 54.8 Å². The summed E-state index contributed by atoms with van der Waals surface area (Å²) in [6, 6.07) is 12.6. The van der Waals surface area contributed by atoms with Gasteiger partial charge in [0.05, 0.1) is 12.6 Å². The van der Waals surface area contributed by atoms with Crippen LogP contribution in [0.4, 0.5) is 0 Å². The highest BCUT2D eigenvalue weighted by atomic mass is 16.5. The Balaban J connectivity index is 1.55. The molecular weight excluding hydrogens is 314 g/mol. The molecular formula is C20H23N3O2. The average molecular weight is 337 g/mol. The van der Waals surface area contributed by atoms with E-state index in [2.05, 4.69) is 46.6 Å². The number of rotatable bonds is 6. The minimum absolute atomic E-state index is 0.199. The van der Waals surface area contributed by atoms with Crippen molar-refractivity contribution in [1.29, 1.82) is 0 Å². The Labute approximate surface area is 147 Å². The van der Waals surface area contributed by atoms with E-state index >= 15 is 0 Å². The summed E-state index contributed by atoms with van der Waals surface area (Å²) in [6.45, 7) is 3.94. The van der Waals surface area contributed by atoms with E-state index in [0.717, 1.165) is 60.9 Å². The van der Waals surface area contributed by atoms with E-state index in [-0.39, 0.29) is 6.04 Å². The van der Waals surface area contributed by atoms with Crippen molar-refractivity contribution in [3.05, 3.63) is 42.3 Å². The molecule has 1 fully saturated rings. The molecule has 0 radical (unpaired) electrons. The molecule has 1 aliphatic heterocycles. The number of hydrogen-bond acceptors (Lipinski definition) is 5. The van der Waals surface area contributed by atoms with Gasteiger partial charge in [0.25, 0.3) is 0 Å². The van der Waals surface area contributed by atoms with Crippen LogP contribution in [-0.2, 0) is 0 Å². The van der Waals surface area contributed by atoms with Crippen molar-refractivity contribution in [2.75, 3.05) is 13.2 Å². The van der Waals surface area contributed by atoms with Crippen LogP contribution in [0.15, 0.2) is 40.9 Å². The maximum absolute atomic E-state index is 5.78. The van der Waals surface area contributed by atoms with Crippen molar-refractivity contribution in [1.82, 2.24) is 15.5 Å². The summed E-state index contributed by atoms with van der Waals surface area (Å²) < 4.78 is 11.2. The number of unbranched alkanes of at least 4 members (excludes halogenated alkanes) is 1. The van der Waals surface area contributed by atoms with Crippen molar-refractivity contribution < 1.29 is 9.26 Å². The summed E-state index contributed by atoms with van der Waals surface area (Å²) in [5.74, 6) is 2.25. The zero-order valence-electron chi connectivity index (χ0n) is 14.5. The predicted molar refractivity (Wildman–Crippen MR) is 97.6 cm³/mol. The molecule has 130 valence electrons. The van der Waals surface area contributed by atoms with Crippen LogP contribution in [0.3, 0.4) is 0 Å². The number of ether oxygens (including phenoxy) is 1. The molecule has 1 N–H and O–H groups in total. The smallest absolute Gasteiger partial charge is 0.244 e. The third-order valence-electron chi connectivity index (χ3n) is 4.64. The highest BCUT2D eigenvalue weighted by molar-refractivity contribution is 5.87.